The highest BCUT2D eigenvalue weighted by Gasteiger charge is 2.23. The van der Waals surface area contributed by atoms with Crippen molar-refractivity contribution in [2.75, 3.05) is 12.3 Å². The van der Waals surface area contributed by atoms with Crippen molar-refractivity contribution >= 4 is 29.3 Å². The van der Waals surface area contributed by atoms with Crippen LogP contribution in [0.3, 0.4) is 0 Å². The van der Waals surface area contributed by atoms with Crippen LogP contribution in [0.2, 0.25) is 5.02 Å². The number of hydrogen-bond donors (Lipinski definition) is 0. The molecule has 2 aromatic rings. The van der Waals surface area contributed by atoms with Crippen LogP contribution >= 0.6 is 23.4 Å². The first-order valence-electron chi connectivity index (χ1n) is 8.25. The van der Waals surface area contributed by atoms with E-state index in [-0.39, 0.29) is 12.5 Å². The van der Waals surface area contributed by atoms with E-state index in [4.69, 9.17) is 20.8 Å². The minimum absolute atomic E-state index is 0.120. The minimum Gasteiger partial charge on any atom is -0.484 e. The first-order valence-corrected chi connectivity index (χ1v) is 9.61. The van der Waals surface area contributed by atoms with E-state index in [0.29, 0.717) is 33.7 Å². The summed E-state index contributed by atoms with van der Waals surface area (Å²) in [4.78, 5) is 14.2. The number of aromatic nitrogens is 2. The normalized spacial score (nSPS) is 17.5. The summed E-state index contributed by atoms with van der Waals surface area (Å²) < 4.78 is 11.1. The molecule has 1 aliphatic rings. The number of piperidine rings is 1. The van der Waals surface area contributed by atoms with Crippen LogP contribution in [-0.4, -0.2) is 39.3 Å². The first kappa shape index (κ1) is 18.1. The number of nitrogens with zero attached hydrogens (tertiary/aromatic N) is 3. The lowest BCUT2D eigenvalue weighted by molar-refractivity contribution is -0.131. The van der Waals surface area contributed by atoms with E-state index in [1.807, 2.05) is 4.90 Å². The van der Waals surface area contributed by atoms with E-state index >= 15 is 0 Å². The molecule has 0 saturated carbocycles. The Bertz CT molecular complexity index is 707. The van der Waals surface area contributed by atoms with E-state index in [0.717, 1.165) is 19.4 Å². The molecule has 0 N–H and O–H groups in total. The van der Waals surface area contributed by atoms with Crippen molar-refractivity contribution in [3.8, 4) is 5.75 Å². The molecule has 2 heterocycles. The molecule has 1 amide bonds. The van der Waals surface area contributed by atoms with Crippen LogP contribution in [0, 0.1) is 0 Å². The van der Waals surface area contributed by atoms with Crippen LogP contribution in [0.5, 0.6) is 5.75 Å². The average Bonchev–Trinajstić information content (AvgIpc) is 3.07. The number of benzene rings is 1. The molecule has 0 unspecified atom stereocenters. The molecular formula is C17H20ClN3O3S. The summed E-state index contributed by atoms with van der Waals surface area (Å²) in [5.74, 6) is 1.47. The van der Waals surface area contributed by atoms with Gasteiger partial charge in [0.2, 0.25) is 5.91 Å². The average molecular weight is 382 g/mol. The highest BCUT2D eigenvalue weighted by atomic mass is 35.5. The molecule has 1 aromatic carbocycles. The summed E-state index contributed by atoms with van der Waals surface area (Å²) in [6.45, 7) is 3.11. The molecule has 1 atom stereocenters. The summed E-state index contributed by atoms with van der Waals surface area (Å²) in [6, 6.07) is 7.35. The fourth-order valence-corrected chi connectivity index (χ4v) is 3.50. The highest BCUT2D eigenvalue weighted by Crippen LogP contribution is 2.22. The van der Waals surface area contributed by atoms with E-state index < -0.39 is 0 Å². The SMILES string of the molecule is C[C@H]1CCCCN1C(=O)CSc1nnc(COc2ccc(Cl)cc2)o1. The van der Waals surface area contributed by atoms with Gasteiger partial charge in [0, 0.05) is 17.6 Å². The zero-order chi connectivity index (χ0) is 17.6. The Hall–Kier alpha value is -1.73. The maximum absolute atomic E-state index is 12.3. The number of likely N-dealkylation sites (tertiary alicyclic amines) is 1. The van der Waals surface area contributed by atoms with Crippen molar-refractivity contribution in [3.05, 3.63) is 35.2 Å². The predicted molar refractivity (Wildman–Crippen MR) is 95.8 cm³/mol. The predicted octanol–water partition coefficient (Wildman–Crippen LogP) is 3.80. The van der Waals surface area contributed by atoms with Crippen molar-refractivity contribution in [2.45, 2.75) is 44.1 Å². The van der Waals surface area contributed by atoms with Crippen LogP contribution in [-0.2, 0) is 11.4 Å². The first-order chi connectivity index (χ1) is 12.1. The van der Waals surface area contributed by atoms with Gasteiger partial charge in [-0.2, -0.15) is 0 Å². The number of rotatable bonds is 6. The molecule has 3 rings (SSSR count). The van der Waals surface area contributed by atoms with E-state index in [9.17, 15) is 4.79 Å². The summed E-state index contributed by atoms with van der Waals surface area (Å²) in [6.07, 6.45) is 3.34. The number of hydrogen-bond acceptors (Lipinski definition) is 6. The van der Waals surface area contributed by atoms with Crippen molar-refractivity contribution in [2.24, 2.45) is 0 Å². The Balaban J connectivity index is 1.46. The van der Waals surface area contributed by atoms with Gasteiger partial charge in [-0.1, -0.05) is 23.4 Å². The summed E-state index contributed by atoms with van der Waals surface area (Å²) in [7, 11) is 0. The molecule has 0 radical (unpaired) electrons. The zero-order valence-corrected chi connectivity index (χ0v) is 15.6. The van der Waals surface area contributed by atoms with Crippen LogP contribution in [0.1, 0.15) is 32.1 Å². The topological polar surface area (TPSA) is 68.5 Å². The van der Waals surface area contributed by atoms with Gasteiger partial charge in [-0.3, -0.25) is 4.79 Å². The Morgan fingerprint density at radius 3 is 2.92 bits per heavy atom. The van der Waals surface area contributed by atoms with Crippen molar-refractivity contribution in [1.29, 1.82) is 0 Å². The Labute approximate surface area is 155 Å². The molecule has 25 heavy (non-hydrogen) atoms. The quantitative estimate of drug-likeness (QED) is 0.709. The number of ether oxygens (including phenoxy) is 1. The second-order valence-corrected chi connectivity index (χ2v) is 7.29. The van der Waals surface area contributed by atoms with Gasteiger partial charge in [-0.05, 0) is 50.5 Å². The van der Waals surface area contributed by atoms with Crippen molar-refractivity contribution < 1.29 is 13.9 Å². The molecule has 134 valence electrons. The maximum atomic E-state index is 12.3. The van der Waals surface area contributed by atoms with Crippen LogP contribution < -0.4 is 4.74 Å². The maximum Gasteiger partial charge on any atom is 0.277 e. The molecular weight excluding hydrogens is 362 g/mol. The number of thioether (sulfide) groups is 1. The third-order valence-electron chi connectivity index (χ3n) is 4.07. The van der Waals surface area contributed by atoms with Gasteiger partial charge in [0.15, 0.2) is 6.61 Å². The molecule has 0 spiro atoms. The third kappa shape index (κ3) is 5.12. The van der Waals surface area contributed by atoms with Crippen molar-refractivity contribution in [1.82, 2.24) is 15.1 Å². The summed E-state index contributed by atoms with van der Waals surface area (Å²) in [5.41, 5.74) is 0. The van der Waals surface area contributed by atoms with Crippen LogP contribution in [0.4, 0.5) is 0 Å². The molecule has 0 bridgehead atoms. The lowest BCUT2D eigenvalue weighted by Crippen LogP contribution is -2.42. The molecule has 1 fully saturated rings. The van der Waals surface area contributed by atoms with Crippen molar-refractivity contribution in [3.63, 3.8) is 0 Å². The smallest absolute Gasteiger partial charge is 0.277 e. The zero-order valence-electron chi connectivity index (χ0n) is 14.0. The van der Waals surface area contributed by atoms with E-state index in [2.05, 4.69) is 17.1 Å². The third-order valence-corrected chi connectivity index (χ3v) is 5.12. The molecule has 6 nitrogen and oxygen atoms in total. The standard InChI is InChI=1S/C17H20ClN3O3S/c1-12-4-2-3-9-21(12)16(22)11-25-17-20-19-15(24-17)10-23-14-7-5-13(18)6-8-14/h5-8,12H,2-4,9-11H2,1H3/t12-/m0/s1. The Morgan fingerprint density at radius 1 is 1.36 bits per heavy atom. The van der Waals surface area contributed by atoms with E-state index in [1.54, 1.807) is 24.3 Å². The van der Waals surface area contributed by atoms with Gasteiger partial charge in [0.1, 0.15) is 5.75 Å². The minimum atomic E-state index is 0.120. The molecule has 8 heteroatoms. The van der Waals surface area contributed by atoms with Gasteiger partial charge in [-0.15, -0.1) is 10.2 Å². The fraction of sp³-hybridized carbons (Fsp3) is 0.471. The second kappa shape index (κ2) is 8.58. The number of carbonyl (C=O) groups is 1. The molecule has 1 aliphatic heterocycles. The molecule has 1 aromatic heterocycles. The van der Waals surface area contributed by atoms with Gasteiger partial charge < -0.3 is 14.1 Å². The van der Waals surface area contributed by atoms with Crippen LogP contribution in [0.15, 0.2) is 33.9 Å². The Morgan fingerprint density at radius 2 is 2.16 bits per heavy atom. The monoisotopic (exact) mass is 381 g/mol. The van der Waals surface area contributed by atoms with Crippen LogP contribution in [0.25, 0.3) is 0 Å². The number of carbonyl (C=O) groups excluding carboxylic acids is 1. The van der Waals surface area contributed by atoms with Gasteiger partial charge in [-0.25, -0.2) is 0 Å². The van der Waals surface area contributed by atoms with Gasteiger partial charge >= 0.3 is 0 Å². The van der Waals surface area contributed by atoms with Gasteiger partial charge in [0.05, 0.1) is 5.75 Å². The number of halogens is 1. The number of amides is 1. The highest BCUT2D eigenvalue weighted by molar-refractivity contribution is 7.99. The summed E-state index contributed by atoms with van der Waals surface area (Å²) in [5, 5.41) is 8.93. The molecule has 0 aliphatic carbocycles. The second-order valence-electron chi connectivity index (χ2n) is 5.92. The summed E-state index contributed by atoms with van der Waals surface area (Å²) >= 11 is 7.09. The largest absolute Gasteiger partial charge is 0.484 e. The lowest BCUT2D eigenvalue weighted by atomic mass is 10.0. The molecule has 1 saturated heterocycles. The lowest BCUT2D eigenvalue weighted by Gasteiger charge is -2.33. The van der Waals surface area contributed by atoms with Gasteiger partial charge in [0.25, 0.3) is 11.1 Å². The van der Waals surface area contributed by atoms with E-state index in [1.165, 1.54) is 18.2 Å². The Kier molecular flexibility index (Phi) is 6.20. The fourth-order valence-electron chi connectivity index (χ4n) is 2.71.